The first kappa shape index (κ1) is 15.7. The Hall–Kier alpha value is -0.650. The monoisotopic (exact) mass is 362 g/mol. The average molecular weight is 364 g/mol. The molecule has 0 saturated heterocycles. The summed E-state index contributed by atoms with van der Waals surface area (Å²) in [5.74, 6) is 1.03. The van der Waals surface area contributed by atoms with Crippen LogP contribution in [0.5, 0.6) is 0 Å². The summed E-state index contributed by atoms with van der Waals surface area (Å²) in [5.41, 5.74) is 1.48. The summed E-state index contributed by atoms with van der Waals surface area (Å²) < 4.78 is 21.4. The number of nitrogens with zero attached hydrogens (tertiary/aromatic N) is 2. The number of rotatable bonds is 5. The van der Waals surface area contributed by atoms with Crippen molar-refractivity contribution in [3.8, 4) is 0 Å². The maximum absolute atomic E-state index is 13.6. The number of fused-ring (bicyclic) bond motifs is 1. The van der Waals surface area contributed by atoms with Crippen molar-refractivity contribution >= 4 is 38.6 Å². The molecule has 0 saturated carbocycles. The van der Waals surface area contributed by atoms with Gasteiger partial charge in [-0.05, 0) is 27.9 Å². The highest BCUT2D eigenvalue weighted by molar-refractivity contribution is 9.10. The quantitative estimate of drug-likeness (QED) is 0.730. The van der Waals surface area contributed by atoms with Crippen LogP contribution < -0.4 is 0 Å². The van der Waals surface area contributed by atoms with Crippen LogP contribution >= 0.6 is 27.5 Å². The Bertz CT molecular complexity index is 615. The minimum absolute atomic E-state index is 0.108. The van der Waals surface area contributed by atoms with Crippen LogP contribution in [-0.4, -0.2) is 23.3 Å². The zero-order valence-electron chi connectivity index (χ0n) is 11.7. The first-order valence-electron chi connectivity index (χ1n) is 6.40. The van der Waals surface area contributed by atoms with Gasteiger partial charge in [-0.25, -0.2) is 9.37 Å². The van der Waals surface area contributed by atoms with Crippen LogP contribution in [-0.2, 0) is 10.6 Å². The van der Waals surface area contributed by atoms with Crippen LogP contribution in [0, 0.1) is 11.7 Å². The van der Waals surface area contributed by atoms with Gasteiger partial charge in [-0.2, -0.15) is 0 Å². The van der Waals surface area contributed by atoms with Gasteiger partial charge < -0.3 is 9.30 Å². The molecule has 0 aliphatic rings. The molecule has 3 nitrogen and oxygen atoms in total. The van der Waals surface area contributed by atoms with Crippen molar-refractivity contribution in [2.45, 2.75) is 25.8 Å². The molecule has 2 aromatic rings. The highest BCUT2D eigenvalue weighted by Crippen LogP contribution is 2.30. The number of benzene rings is 1. The third-order valence-corrected chi connectivity index (χ3v) is 4.21. The molecular weight excluding hydrogens is 347 g/mol. The fourth-order valence-corrected chi connectivity index (χ4v) is 2.86. The Morgan fingerprint density at radius 2 is 2.15 bits per heavy atom. The lowest BCUT2D eigenvalue weighted by Crippen LogP contribution is -2.22. The molecule has 0 amide bonds. The van der Waals surface area contributed by atoms with E-state index in [0.717, 1.165) is 11.3 Å². The molecule has 1 atom stereocenters. The summed E-state index contributed by atoms with van der Waals surface area (Å²) in [6, 6.07) is 3.28. The van der Waals surface area contributed by atoms with Gasteiger partial charge in [0.1, 0.15) is 11.6 Å². The molecule has 6 heteroatoms. The number of ether oxygens (including phenoxy) is 1. The minimum atomic E-state index is -0.323. The Kier molecular flexibility index (Phi) is 5.04. The van der Waals surface area contributed by atoms with Gasteiger partial charge in [0.25, 0.3) is 0 Å². The van der Waals surface area contributed by atoms with Crippen molar-refractivity contribution in [2.75, 3.05) is 13.7 Å². The Morgan fingerprint density at radius 1 is 1.45 bits per heavy atom. The highest BCUT2D eigenvalue weighted by atomic mass is 79.9. The molecule has 1 aromatic heterocycles. The molecule has 110 valence electrons. The summed E-state index contributed by atoms with van der Waals surface area (Å²) in [6.07, 6.45) is 0. The number of hydrogen-bond acceptors (Lipinski definition) is 2. The smallest absolute Gasteiger partial charge is 0.139 e. The molecule has 0 radical (unpaired) electrons. The Morgan fingerprint density at radius 3 is 2.70 bits per heavy atom. The molecule has 1 heterocycles. The van der Waals surface area contributed by atoms with Gasteiger partial charge in [0, 0.05) is 13.2 Å². The van der Waals surface area contributed by atoms with E-state index in [1.54, 1.807) is 13.2 Å². The molecule has 2 rings (SSSR count). The minimum Gasteiger partial charge on any atom is -0.383 e. The summed E-state index contributed by atoms with van der Waals surface area (Å²) in [5, 5.41) is 0. The largest absolute Gasteiger partial charge is 0.383 e. The molecule has 1 aromatic carbocycles. The zero-order valence-corrected chi connectivity index (χ0v) is 14.0. The second-order valence-electron chi connectivity index (χ2n) is 5.05. The first-order chi connectivity index (χ1) is 9.49. The van der Waals surface area contributed by atoms with Crippen molar-refractivity contribution in [1.29, 1.82) is 0 Å². The third kappa shape index (κ3) is 2.85. The van der Waals surface area contributed by atoms with Crippen molar-refractivity contribution in [2.24, 2.45) is 5.92 Å². The van der Waals surface area contributed by atoms with E-state index in [4.69, 9.17) is 16.3 Å². The van der Waals surface area contributed by atoms with Gasteiger partial charge in [-0.15, -0.1) is 11.6 Å². The van der Waals surface area contributed by atoms with Crippen molar-refractivity contribution in [1.82, 2.24) is 9.55 Å². The summed E-state index contributed by atoms with van der Waals surface area (Å²) in [6.45, 7) is 4.79. The van der Waals surface area contributed by atoms with Gasteiger partial charge in [0.15, 0.2) is 0 Å². The van der Waals surface area contributed by atoms with Crippen LogP contribution in [0.25, 0.3) is 11.0 Å². The third-order valence-electron chi connectivity index (χ3n) is 3.36. The molecule has 1 unspecified atom stereocenters. The number of methoxy groups -OCH3 is 1. The van der Waals surface area contributed by atoms with Crippen molar-refractivity contribution < 1.29 is 9.13 Å². The van der Waals surface area contributed by atoms with Crippen molar-refractivity contribution in [3.05, 3.63) is 28.2 Å². The van der Waals surface area contributed by atoms with E-state index in [2.05, 4.69) is 39.3 Å². The summed E-state index contributed by atoms with van der Waals surface area (Å²) in [7, 11) is 1.67. The highest BCUT2D eigenvalue weighted by Gasteiger charge is 2.22. The molecule has 0 N–H and O–H groups in total. The van der Waals surface area contributed by atoms with E-state index < -0.39 is 0 Å². The maximum atomic E-state index is 13.6. The van der Waals surface area contributed by atoms with Crippen LogP contribution in [0.3, 0.4) is 0 Å². The predicted octanol–water partition coefficient (Wildman–Crippen LogP) is 4.52. The predicted molar refractivity (Wildman–Crippen MR) is 82.7 cm³/mol. The number of hydrogen-bond donors (Lipinski definition) is 0. The van der Waals surface area contributed by atoms with Crippen LogP contribution in [0.15, 0.2) is 16.6 Å². The molecule has 0 aliphatic carbocycles. The normalized spacial score (nSPS) is 13.3. The first-order valence-corrected chi connectivity index (χ1v) is 7.73. The lowest BCUT2D eigenvalue weighted by molar-refractivity contribution is 0.134. The van der Waals surface area contributed by atoms with E-state index in [1.165, 1.54) is 6.07 Å². The van der Waals surface area contributed by atoms with Crippen LogP contribution in [0.1, 0.15) is 25.7 Å². The van der Waals surface area contributed by atoms with Gasteiger partial charge in [0.2, 0.25) is 0 Å². The molecule has 0 spiro atoms. The molecule has 20 heavy (non-hydrogen) atoms. The van der Waals surface area contributed by atoms with E-state index in [0.29, 0.717) is 22.5 Å². The fourth-order valence-electron chi connectivity index (χ4n) is 2.34. The van der Waals surface area contributed by atoms with E-state index >= 15 is 0 Å². The lowest BCUT2D eigenvalue weighted by atomic mass is 10.0. The van der Waals surface area contributed by atoms with Gasteiger partial charge in [0.05, 0.1) is 34.0 Å². The van der Waals surface area contributed by atoms with E-state index in [9.17, 15) is 4.39 Å². The standard InChI is InChI=1S/C14H17BrClFN2O/c1-8(2)13(7-20-3)19-12-4-9(15)10(17)5-11(12)18-14(19)6-16/h4-5,8,13H,6-7H2,1-3H3. The summed E-state index contributed by atoms with van der Waals surface area (Å²) in [4.78, 5) is 4.43. The van der Waals surface area contributed by atoms with Gasteiger partial charge in [-0.1, -0.05) is 13.8 Å². The molecular formula is C14H17BrClFN2O. The van der Waals surface area contributed by atoms with Gasteiger partial charge >= 0.3 is 0 Å². The van der Waals surface area contributed by atoms with Crippen molar-refractivity contribution in [3.63, 3.8) is 0 Å². The Labute approximate surface area is 131 Å². The summed E-state index contributed by atoms with van der Waals surface area (Å²) >= 11 is 9.23. The van der Waals surface area contributed by atoms with E-state index in [1.807, 2.05) is 0 Å². The molecule has 0 aliphatic heterocycles. The SMILES string of the molecule is COCC(C(C)C)n1c(CCl)nc2cc(F)c(Br)cc21. The topological polar surface area (TPSA) is 27.1 Å². The second kappa shape index (κ2) is 6.41. The fraction of sp³-hybridized carbons (Fsp3) is 0.500. The lowest BCUT2D eigenvalue weighted by Gasteiger charge is -2.24. The number of imidazole rings is 1. The second-order valence-corrected chi connectivity index (χ2v) is 6.17. The molecule has 0 fully saturated rings. The zero-order chi connectivity index (χ0) is 14.9. The molecule has 0 bridgehead atoms. The van der Waals surface area contributed by atoms with E-state index in [-0.39, 0.29) is 17.7 Å². The maximum Gasteiger partial charge on any atom is 0.139 e. The number of aromatic nitrogens is 2. The number of halogens is 3. The number of alkyl halides is 1. The van der Waals surface area contributed by atoms with Crippen LogP contribution in [0.4, 0.5) is 4.39 Å². The Balaban J connectivity index is 2.68. The van der Waals surface area contributed by atoms with Gasteiger partial charge in [-0.3, -0.25) is 0 Å². The average Bonchev–Trinajstić information content (AvgIpc) is 2.74. The van der Waals surface area contributed by atoms with Crippen LogP contribution in [0.2, 0.25) is 0 Å².